The van der Waals surface area contributed by atoms with Crippen molar-refractivity contribution in [2.45, 2.75) is 25.4 Å². The second-order valence-electron chi connectivity index (χ2n) is 5.13. The van der Waals surface area contributed by atoms with E-state index in [0.717, 1.165) is 5.56 Å². The highest BCUT2D eigenvalue weighted by Gasteiger charge is 2.37. The van der Waals surface area contributed by atoms with E-state index in [9.17, 15) is 13.5 Å². The van der Waals surface area contributed by atoms with Gasteiger partial charge in [0.05, 0.1) is 11.4 Å². The van der Waals surface area contributed by atoms with Gasteiger partial charge < -0.3 is 5.11 Å². The lowest BCUT2D eigenvalue weighted by Gasteiger charge is -2.18. The quantitative estimate of drug-likeness (QED) is 0.887. The zero-order valence-electron chi connectivity index (χ0n) is 10.5. The molecule has 1 aliphatic heterocycles. The molecule has 1 aliphatic rings. The van der Waals surface area contributed by atoms with E-state index in [1.165, 1.54) is 4.31 Å². The van der Waals surface area contributed by atoms with Crippen molar-refractivity contribution in [2.24, 2.45) is 0 Å². The molecule has 0 aromatic heterocycles. The van der Waals surface area contributed by atoms with Gasteiger partial charge >= 0.3 is 0 Å². The molecular formula is C13H19NO3S. The van der Waals surface area contributed by atoms with Crippen molar-refractivity contribution in [3.05, 3.63) is 35.9 Å². The van der Waals surface area contributed by atoms with Gasteiger partial charge in [-0.1, -0.05) is 30.3 Å². The maximum Gasteiger partial charge on any atom is 0.214 e. The van der Waals surface area contributed by atoms with Gasteiger partial charge in [0.15, 0.2) is 0 Å². The van der Waals surface area contributed by atoms with Crippen LogP contribution in [0.4, 0.5) is 0 Å². The summed E-state index contributed by atoms with van der Waals surface area (Å²) in [5.41, 5.74) is 0.145. The van der Waals surface area contributed by atoms with Crippen LogP contribution < -0.4 is 0 Å². The van der Waals surface area contributed by atoms with Crippen LogP contribution in [0.5, 0.6) is 0 Å². The molecule has 4 nitrogen and oxygen atoms in total. The van der Waals surface area contributed by atoms with Crippen LogP contribution in [0, 0.1) is 0 Å². The van der Waals surface area contributed by atoms with Crippen molar-refractivity contribution in [1.82, 2.24) is 4.31 Å². The summed E-state index contributed by atoms with van der Waals surface area (Å²) < 4.78 is 25.6. The number of aliphatic hydroxyl groups is 1. The van der Waals surface area contributed by atoms with Gasteiger partial charge in [0.1, 0.15) is 0 Å². The summed E-state index contributed by atoms with van der Waals surface area (Å²) in [6, 6.07) is 9.58. The van der Waals surface area contributed by atoms with Crippen LogP contribution in [0.15, 0.2) is 30.3 Å². The highest BCUT2D eigenvalue weighted by atomic mass is 32.2. The molecule has 1 N–H and O–H groups in total. The third-order valence-corrected chi connectivity index (χ3v) is 5.12. The molecule has 1 saturated heterocycles. The molecule has 5 heteroatoms. The molecule has 0 radical (unpaired) electrons. The van der Waals surface area contributed by atoms with Gasteiger partial charge in [-0.05, 0) is 25.3 Å². The monoisotopic (exact) mass is 269 g/mol. The summed E-state index contributed by atoms with van der Waals surface area (Å²) in [7, 11) is -3.26. The summed E-state index contributed by atoms with van der Waals surface area (Å²) in [6.07, 6.45) is 1.03. The molecule has 1 aromatic rings. The van der Waals surface area contributed by atoms with Gasteiger partial charge in [0.25, 0.3) is 0 Å². The number of hydrogen-bond donors (Lipinski definition) is 1. The summed E-state index contributed by atoms with van der Waals surface area (Å²) in [4.78, 5) is 0. The van der Waals surface area contributed by atoms with Crippen LogP contribution in [0.2, 0.25) is 0 Å². The van der Waals surface area contributed by atoms with Crippen LogP contribution in [0.3, 0.4) is 0 Å². The number of benzene rings is 1. The zero-order valence-corrected chi connectivity index (χ0v) is 11.4. The maximum atomic E-state index is 12.1. The number of rotatable bonds is 4. The minimum absolute atomic E-state index is 0.104. The molecule has 0 amide bonds. The first-order valence-electron chi connectivity index (χ1n) is 6.13. The fourth-order valence-electron chi connectivity index (χ4n) is 2.16. The third-order valence-electron chi connectivity index (χ3n) is 3.30. The first-order valence-corrected chi connectivity index (χ1v) is 7.74. The van der Waals surface area contributed by atoms with E-state index in [0.29, 0.717) is 19.4 Å². The van der Waals surface area contributed by atoms with Crippen molar-refractivity contribution < 1.29 is 13.5 Å². The third kappa shape index (κ3) is 3.31. The minimum atomic E-state index is -3.26. The Labute approximate surface area is 108 Å². The Morgan fingerprint density at radius 3 is 2.56 bits per heavy atom. The Morgan fingerprint density at radius 1 is 1.33 bits per heavy atom. The predicted octanol–water partition coefficient (Wildman–Crippen LogP) is 1.02. The Hall–Kier alpha value is -0.910. The number of sulfonamides is 1. The van der Waals surface area contributed by atoms with Crippen LogP contribution >= 0.6 is 0 Å². The lowest BCUT2D eigenvalue weighted by molar-refractivity contribution is 0.0762. The standard InChI is InChI=1S/C13H19NO3S/c1-13(15)8-9-14(11-13)18(16,17)10-7-12-5-3-2-4-6-12/h2-6,15H,7-11H2,1H3. The number of hydrogen-bond acceptors (Lipinski definition) is 3. The van der Waals surface area contributed by atoms with E-state index in [1.54, 1.807) is 6.92 Å². The Bertz CT molecular complexity index is 496. The van der Waals surface area contributed by atoms with Crippen LogP contribution in [-0.2, 0) is 16.4 Å². The molecule has 1 fully saturated rings. The van der Waals surface area contributed by atoms with Crippen molar-refractivity contribution in [3.8, 4) is 0 Å². The lowest BCUT2D eigenvalue weighted by Crippen LogP contribution is -2.35. The van der Waals surface area contributed by atoms with E-state index in [-0.39, 0.29) is 12.3 Å². The topological polar surface area (TPSA) is 57.6 Å². The molecule has 0 bridgehead atoms. The van der Waals surface area contributed by atoms with E-state index in [4.69, 9.17) is 0 Å². The average Bonchev–Trinajstić information content (AvgIpc) is 2.69. The number of aryl methyl sites for hydroxylation is 1. The molecule has 1 aromatic carbocycles. The first-order chi connectivity index (χ1) is 8.39. The molecular weight excluding hydrogens is 250 g/mol. The fraction of sp³-hybridized carbons (Fsp3) is 0.538. The van der Waals surface area contributed by atoms with E-state index in [2.05, 4.69) is 0 Å². The normalized spacial score (nSPS) is 25.4. The van der Waals surface area contributed by atoms with Crippen molar-refractivity contribution in [2.75, 3.05) is 18.8 Å². The van der Waals surface area contributed by atoms with Gasteiger partial charge in [0, 0.05) is 13.1 Å². The van der Waals surface area contributed by atoms with Crippen LogP contribution in [0.25, 0.3) is 0 Å². The minimum Gasteiger partial charge on any atom is -0.389 e. The van der Waals surface area contributed by atoms with Crippen molar-refractivity contribution in [3.63, 3.8) is 0 Å². The molecule has 0 saturated carbocycles. The molecule has 0 aliphatic carbocycles. The van der Waals surface area contributed by atoms with Crippen molar-refractivity contribution in [1.29, 1.82) is 0 Å². The van der Waals surface area contributed by atoms with Gasteiger partial charge in [-0.3, -0.25) is 0 Å². The second-order valence-corrected chi connectivity index (χ2v) is 7.22. The highest BCUT2D eigenvalue weighted by molar-refractivity contribution is 7.89. The lowest BCUT2D eigenvalue weighted by atomic mass is 10.1. The molecule has 2 rings (SSSR count). The van der Waals surface area contributed by atoms with E-state index >= 15 is 0 Å². The van der Waals surface area contributed by atoms with Crippen LogP contribution in [0.1, 0.15) is 18.9 Å². The summed E-state index contributed by atoms with van der Waals surface area (Å²) >= 11 is 0. The largest absolute Gasteiger partial charge is 0.389 e. The number of nitrogens with zero attached hydrogens (tertiary/aromatic N) is 1. The summed E-state index contributed by atoms with van der Waals surface area (Å²) in [5, 5.41) is 9.81. The smallest absolute Gasteiger partial charge is 0.214 e. The van der Waals surface area contributed by atoms with Gasteiger partial charge in [0.2, 0.25) is 10.0 Å². The molecule has 18 heavy (non-hydrogen) atoms. The zero-order chi connectivity index (χ0) is 13.2. The molecule has 100 valence electrons. The highest BCUT2D eigenvalue weighted by Crippen LogP contribution is 2.23. The SMILES string of the molecule is CC1(O)CCN(S(=O)(=O)CCc2ccccc2)C1. The Kier molecular flexibility index (Phi) is 3.75. The van der Waals surface area contributed by atoms with Crippen LogP contribution in [-0.4, -0.2) is 42.3 Å². The molecule has 1 atom stereocenters. The molecule has 1 heterocycles. The molecule has 1 unspecified atom stereocenters. The Balaban J connectivity index is 1.97. The second kappa shape index (κ2) is 4.99. The van der Waals surface area contributed by atoms with Gasteiger partial charge in [-0.25, -0.2) is 8.42 Å². The summed E-state index contributed by atoms with van der Waals surface area (Å²) in [6.45, 7) is 2.31. The fourth-order valence-corrected chi connectivity index (χ4v) is 3.76. The van der Waals surface area contributed by atoms with E-state index < -0.39 is 15.6 Å². The Morgan fingerprint density at radius 2 is 2.00 bits per heavy atom. The molecule has 0 spiro atoms. The first kappa shape index (κ1) is 13.5. The summed E-state index contributed by atoms with van der Waals surface area (Å²) in [5.74, 6) is 0.104. The van der Waals surface area contributed by atoms with Gasteiger partial charge in [-0.2, -0.15) is 4.31 Å². The average molecular weight is 269 g/mol. The number of β-amino-alcohol motifs (C(OH)–C–C–N with tert-alkyl or cyclic N) is 1. The van der Waals surface area contributed by atoms with Gasteiger partial charge in [-0.15, -0.1) is 0 Å². The van der Waals surface area contributed by atoms with E-state index in [1.807, 2.05) is 30.3 Å². The maximum absolute atomic E-state index is 12.1. The van der Waals surface area contributed by atoms with Crippen molar-refractivity contribution >= 4 is 10.0 Å². The predicted molar refractivity (Wildman–Crippen MR) is 70.7 cm³/mol.